The molecular formula is C17H22FN5O2S. The Kier molecular flexibility index (Phi) is 5.55. The van der Waals surface area contributed by atoms with Gasteiger partial charge in [0, 0.05) is 26.2 Å². The fraction of sp³-hybridized carbons (Fsp3) is 0.412. The van der Waals surface area contributed by atoms with Crippen molar-refractivity contribution in [1.82, 2.24) is 10.2 Å². The van der Waals surface area contributed by atoms with E-state index in [0.717, 1.165) is 0 Å². The number of anilines is 3. The number of piperazine rings is 1. The van der Waals surface area contributed by atoms with E-state index in [1.807, 2.05) is 11.0 Å². The number of aromatic nitrogens is 2. The molecule has 0 aliphatic carbocycles. The molecule has 7 nitrogen and oxygen atoms in total. The summed E-state index contributed by atoms with van der Waals surface area (Å²) in [5.41, 5.74) is 0.610. The number of benzene rings is 1. The van der Waals surface area contributed by atoms with Gasteiger partial charge in [0.15, 0.2) is 11.6 Å². The molecule has 0 atom stereocenters. The number of sulfonamides is 1. The molecule has 2 aromatic rings. The van der Waals surface area contributed by atoms with E-state index in [-0.39, 0.29) is 17.4 Å². The summed E-state index contributed by atoms with van der Waals surface area (Å²) >= 11 is 0. The van der Waals surface area contributed by atoms with Crippen molar-refractivity contribution in [3.8, 4) is 0 Å². The van der Waals surface area contributed by atoms with Crippen LogP contribution in [0, 0.1) is 5.82 Å². The van der Waals surface area contributed by atoms with E-state index in [1.54, 1.807) is 31.2 Å². The molecule has 0 bridgehead atoms. The minimum atomic E-state index is -3.37. The summed E-state index contributed by atoms with van der Waals surface area (Å²) in [6, 6.07) is 10.1. The zero-order valence-corrected chi connectivity index (χ0v) is 15.4. The lowest BCUT2D eigenvalue weighted by Crippen LogP contribution is -2.47. The summed E-state index contributed by atoms with van der Waals surface area (Å²) in [5, 5.41) is 8.08. The molecule has 1 N–H and O–H groups in total. The molecule has 0 unspecified atom stereocenters. The highest BCUT2D eigenvalue weighted by Crippen LogP contribution is 2.22. The van der Waals surface area contributed by atoms with Gasteiger partial charge in [0.1, 0.15) is 5.82 Å². The van der Waals surface area contributed by atoms with Gasteiger partial charge in [0.25, 0.3) is 0 Å². The lowest BCUT2D eigenvalue weighted by atomic mass is 10.2. The second kappa shape index (κ2) is 7.86. The van der Waals surface area contributed by atoms with Crippen LogP contribution in [0.25, 0.3) is 0 Å². The third-order valence-corrected chi connectivity index (χ3v) is 5.65. The first-order valence-corrected chi connectivity index (χ1v) is 10.2. The first-order chi connectivity index (χ1) is 12.5. The lowest BCUT2D eigenvalue weighted by Gasteiger charge is -2.36. The summed E-state index contributed by atoms with van der Waals surface area (Å²) < 4.78 is 39.8. The van der Waals surface area contributed by atoms with Crippen LogP contribution in [0.1, 0.15) is 13.3 Å². The monoisotopic (exact) mass is 379 g/mol. The Hall–Kier alpha value is -2.42. The molecule has 1 fully saturated rings. The Morgan fingerprint density at radius 1 is 1.04 bits per heavy atom. The zero-order valence-electron chi connectivity index (χ0n) is 14.6. The highest BCUT2D eigenvalue weighted by Gasteiger charge is 2.20. The average molecular weight is 379 g/mol. The van der Waals surface area contributed by atoms with E-state index in [1.165, 1.54) is 6.07 Å². The molecule has 2 heterocycles. The van der Waals surface area contributed by atoms with Crippen LogP contribution in [0.4, 0.5) is 21.7 Å². The van der Waals surface area contributed by atoms with Gasteiger partial charge in [-0.15, -0.1) is 10.2 Å². The number of halogens is 1. The maximum atomic E-state index is 13.9. The molecule has 0 spiro atoms. The van der Waals surface area contributed by atoms with E-state index in [4.69, 9.17) is 0 Å². The van der Waals surface area contributed by atoms with Crippen LogP contribution in [0.15, 0.2) is 36.4 Å². The Morgan fingerprint density at radius 2 is 1.73 bits per heavy atom. The number of nitrogens with zero attached hydrogens (tertiary/aromatic N) is 4. The molecule has 0 saturated carbocycles. The smallest absolute Gasteiger partial charge is 0.233 e. The van der Waals surface area contributed by atoms with Crippen molar-refractivity contribution in [1.29, 1.82) is 0 Å². The van der Waals surface area contributed by atoms with Crippen LogP contribution in [0.2, 0.25) is 0 Å². The third kappa shape index (κ3) is 4.40. The van der Waals surface area contributed by atoms with Gasteiger partial charge in [0.2, 0.25) is 10.0 Å². The third-order valence-electron chi connectivity index (χ3n) is 4.18. The van der Waals surface area contributed by atoms with Gasteiger partial charge in [-0.05, 0) is 30.7 Å². The van der Waals surface area contributed by atoms with E-state index in [2.05, 4.69) is 19.8 Å². The number of rotatable bonds is 6. The molecule has 140 valence electrons. The molecule has 0 amide bonds. The number of hydrogen-bond donors (Lipinski definition) is 1. The normalized spacial score (nSPS) is 15.2. The average Bonchev–Trinajstić information content (AvgIpc) is 2.63. The van der Waals surface area contributed by atoms with Crippen LogP contribution in [-0.2, 0) is 10.0 Å². The quantitative estimate of drug-likeness (QED) is 0.828. The first-order valence-electron chi connectivity index (χ1n) is 8.57. The van der Waals surface area contributed by atoms with Crippen LogP contribution in [-0.4, -0.2) is 50.5 Å². The lowest BCUT2D eigenvalue weighted by molar-refractivity contribution is 0.594. The maximum absolute atomic E-state index is 13.9. The number of para-hydroxylation sites is 1. The molecule has 3 rings (SSSR count). The summed E-state index contributed by atoms with van der Waals surface area (Å²) in [6.07, 6.45) is 0.535. The Bertz CT molecular complexity index is 836. The highest BCUT2D eigenvalue weighted by molar-refractivity contribution is 7.92. The minimum absolute atomic E-state index is 0.0500. The first kappa shape index (κ1) is 18.4. The van der Waals surface area contributed by atoms with Crippen molar-refractivity contribution in [2.75, 3.05) is 46.5 Å². The van der Waals surface area contributed by atoms with Crippen molar-refractivity contribution < 1.29 is 12.8 Å². The molecule has 9 heteroatoms. The minimum Gasteiger partial charge on any atom is -0.366 e. The standard InChI is InChI=1S/C17H22FN5O2S/c1-2-13-26(24,25)21-16-7-8-17(20-19-16)23-11-9-22(10-12-23)15-6-4-3-5-14(15)18/h3-8H,2,9-13H2,1H3,(H,19,21). The van der Waals surface area contributed by atoms with Gasteiger partial charge in [0.05, 0.1) is 11.4 Å². The molecular weight excluding hydrogens is 357 g/mol. The fourth-order valence-electron chi connectivity index (χ4n) is 2.91. The van der Waals surface area contributed by atoms with Gasteiger partial charge in [-0.1, -0.05) is 19.1 Å². The molecule has 1 aromatic heterocycles. The van der Waals surface area contributed by atoms with Crippen molar-refractivity contribution in [3.63, 3.8) is 0 Å². The van der Waals surface area contributed by atoms with E-state index < -0.39 is 10.0 Å². The Morgan fingerprint density at radius 3 is 2.35 bits per heavy atom. The van der Waals surface area contributed by atoms with Gasteiger partial charge >= 0.3 is 0 Å². The van der Waals surface area contributed by atoms with E-state index >= 15 is 0 Å². The van der Waals surface area contributed by atoms with Gasteiger partial charge in [-0.2, -0.15) is 0 Å². The van der Waals surface area contributed by atoms with Crippen LogP contribution >= 0.6 is 0 Å². The predicted molar refractivity (Wildman–Crippen MR) is 101 cm³/mol. The van der Waals surface area contributed by atoms with Crippen LogP contribution in [0.5, 0.6) is 0 Å². The second-order valence-corrected chi connectivity index (χ2v) is 7.97. The number of nitrogens with one attached hydrogen (secondary N) is 1. The van der Waals surface area contributed by atoms with Crippen molar-refractivity contribution in [2.24, 2.45) is 0 Å². The molecule has 26 heavy (non-hydrogen) atoms. The largest absolute Gasteiger partial charge is 0.366 e. The summed E-state index contributed by atoms with van der Waals surface area (Å²) in [5.74, 6) is 0.724. The maximum Gasteiger partial charge on any atom is 0.233 e. The molecule has 1 saturated heterocycles. The van der Waals surface area contributed by atoms with Crippen LogP contribution in [0.3, 0.4) is 0 Å². The molecule has 1 aliphatic rings. The second-order valence-electron chi connectivity index (χ2n) is 6.12. The van der Waals surface area contributed by atoms with Gasteiger partial charge in [-0.3, -0.25) is 4.72 Å². The highest BCUT2D eigenvalue weighted by atomic mass is 32.2. The molecule has 1 aromatic carbocycles. The fourth-order valence-corrected chi connectivity index (χ4v) is 3.98. The Labute approximate surface area is 152 Å². The zero-order chi connectivity index (χ0) is 18.6. The molecule has 0 radical (unpaired) electrons. The van der Waals surface area contributed by atoms with Crippen LogP contribution < -0.4 is 14.5 Å². The predicted octanol–water partition coefficient (Wildman–Crippen LogP) is 2.09. The number of hydrogen-bond acceptors (Lipinski definition) is 6. The topological polar surface area (TPSA) is 78.4 Å². The van der Waals surface area contributed by atoms with Gasteiger partial charge in [-0.25, -0.2) is 12.8 Å². The SMILES string of the molecule is CCCS(=O)(=O)Nc1ccc(N2CCN(c3ccccc3F)CC2)nn1. The van der Waals surface area contributed by atoms with Gasteiger partial charge < -0.3 is 9.80 Å². The van der Waals surface area contributed by atoms with Crippen molar-refractivity contribution in [3.05, 3.63) is 42.2 Å². The van der Waals surface area contributed by atoms with E-state index in [0.29, 0.717) is 44.1 Å². The van der Waals surface area contributed by atoms with Crippen molar-refractivity contribution in [2.45, 2.75) is 13.3 Å². The Balaban J connectivity index is 1.60. The summed E-state index contributed by atoms with van der Waals surface area (Å²) in [4.78, 5) is 4.06. The summed E-state index contributed by atoms with van der Waals surface area (Å²) in [6.45, 7) is 4.52. The molecule has 1 aliphatic heterocycles. The van der Waals surface area contributed by atoms with E-state index in [9.17, 15) is 12.8 Å². The van der Waals surface area contributed by atoms with Crippen molar-refractivity contribution >= 4 is 27.3 Å². The summed E-state index contributed by atoms with van der Waals surface area (Å²) in [7, 11) is -3.37.